The van der Waals surface area contributed by atoms with Gasteiger partial charge in [-0.2, -0.15) is 0 Å². The van der Waals surface area contributed by atoms with Crippen molar-refractivity contribution in [1.82, 2.24) is 10.2 Å². The molecule has 0 aromatic heterocycles. The first kappa shape index (κ1) is 15.8. The topological polar surface area (TPSA) is 32.3 Å². The zero-order chi connectivity index (χ0) is 15.6. The van der Waals surface area contributed by atoms with Crippen LogP contribution in [0.5, 0.6) is 0 Å². The number of nitrogens with one attached hydrogen (secondary N) is 1. The van der Waals surface area contributed by atoms with E-state index in [2.05, 4.69) is 5.32 Å². The number of amides is 1. The molecule has 0 aliphatic carbocycles. The Bertz CT molecular complexity index is 490. The van der Waals surface area contributed by atoms with Crippen molar-refractivity contribution in [3.05, 3.63) is 35.6 Å². The van der Waals surface area contributed by atoms with Crippen LogP contribution in [-0.4, -0.2) is 29.8 Å². The van der Waals surface area contributed by atoms with Crippen LogP contribution in [-0.2, 0) is 4.79 Å². The minimum atomic E-state index is -2.60. The zero-order valence-electron chi connectivity index (χ0n) is 12.0. The van der Waals surface area contributed by atoms with Crippen LogP contribution < -0.4 is 5.32 Å². The summed E-state index contributed by atoms with van der Waals surface area (Å²) in [4.78, 5) is 13.4. The smallest absolute Gasteiger partial charge is 0.255 e. The Kier molecular flexibility index (Phi) is 4.88. The first-order chi connectivity index (χ1) is 9.88. The Morgan fingerprint density at radius 3 is 2.38 bits per heavy atom. The zero-order valence-corrected chi connectivity index (χ0v) is 12.0. The predicted molar refractivity (Wildman–Crippen MR) is 73.2 cm³/mol. The highest BCUT2D eigenvalue weighted by Crippen LogP contribution is 2.28. The summed E-state index contributed by atoms with van der Waals surface area (Å²) in [6.45, 7) is 3.32. The number of hydrogen-bond acceptors (Lipinski definition) is 2. The van der Waals surface area contributed by atoms with Gasteiger partial charge >= 0.3 is 0 Å². The fourth-order valence-corrected chi connectivity index (χ4v) is 2.58. The molecule has 116 valence electrons. The molecular weight excluding hydrogens is 281 g/mol. The Morgan fingerprint density at radius 2 is 1.86 bits per heavy atom. The molecule has 21 heavy (non-hydrogen) atoms. The van der Waals surface area contributed by atoms with Crippen molar-refractivity contribution < 1.29 is 18.0 Å². The van der Waals surface area contributed by atoms with E-state index in [1.165, 1.54) is 24.3 Å². The minimum Gasteiger partial charge on any atom is -0.316 e. The molecule has 0 bridgehead atoms. The number of hydrogen-bond donors (Lipinski definition) is 1. The van der Waals surface area contributed by atoms with Gasteiger partial charge in [0.25, 0.3) is 6.43 Å². The molecule has 0 radical (unpaired) electrons. The standard InChI is InChI=1S/C15H19F3N2O/c1-9(2)7-12-15(21)20(8-13(17)18)14(19-12)10-3-5-11(16)6-4-10/h3-6,9,12-14,19H,7-8H2,1-2H3. The molecule has 1 heterocycles. The van der Waals surface area contributed by atoms with Gasteiger partial charge in [0.05, 0.1) is 12.6 Å². The van der Waals surface area contributed by atoms with Gasteiger partial charge < -0.3 is 4.90 Å². The molecule has 2 atom stereocenters. The van der Waals surface area contributed by atoms with Gasteiger partial charge in [0.2, 0.25) is 5.91 Å². The van der Waals surface area contributed by atoms with Gasteiger partial charge in [-0.15, -0.1) is 0 Å². The fraction of sp³-hybridized carbons (Fsp3) is 0.533. The van der Waals surface area contributed by atoms with Crippen LogP contribution in [0, 0.1) is 11.7 Å². The molecule has 1 aromatic carbocycles. The third-order valence-electron chi connectivity index (χ3n) is 3.48. The SMILES string of the molecule is CC(C)CC1NC(c2ccc(F)cc2)N(CC(F)F)C1=O. The molecule has 1 amide bonds. The third-order valence-corrected chi connectivity index (χ3v) is 3.48. The molecule has 1 aliphatic heterocycles. The van der Waals surface area contributed by atoms with E-state index in [1.54, 1.807) is 0 Å². The van der Waals surface area contributed by atoms with Crippen LogP contribution in [0.4, 0.5) is 13.2 Å². The fourth-order valence-electron chi connectivity index (χ4n) is 2.58. The van der Waals surface area contributed by atoms with E-state index in [4.69, 9.17) is 0 Å². The summed E-state index contributed by atoms with van der Waals surface area (Å²) < 4.78 is 38.4. The number of carbonyl (C=O) groups excluding carboxylic acids is 1. The van der Waals surface area contributed by atoms with Gasteiger partial charge in [0, 0.05) is 0 Å². The largest absolute Gasteiger partial charge is 0.316 e. The molecule has 1 saturated heterocycles. The first-order valence-electron chi connectivity index (χ1n) is 6.98. The number of halogens is 3. The normalized spacial score (nSPS) is 22.6. The molecule has 1 fully saturated rings. The van der Waals surface area contributed by atoms with Crippen molar-refractivity contribution >= 4 is 5.91 Å². The monoisotopic (exact) mass is 300 g/mol. The maximum absolute atomic E-state index is 13.0. The van der Waals surface area contributed by atoms with Gasteiger partial charge in [0.1, 0.15) is 12.0 Å². The van der Waals surface area contributed by atoms with Crippen LogP contribution in [0.2, 0.25) is 0 Å². The summed E-state index contributed by atoms with van der Waals surface area (Å²) >= 11 is 0. The summed E-state index contributed by atoms with van der Waals surface area (Å²) in [5.74, 6) is -0.452. The Balaban J connectivity index is 2.23. The maximum atomic E-state index is 13.0. The van der Waals surface area contributed by atoms with Gasteiger partial charge in [-0.25, -0.2) is 13.2 Å². The lowest BCUT2D eigenvalue weighted by Gasteiger charge is -2.24. The van der Waals surface area contributed by atoms with E-state index in [0.717, 1.165) is 4.90 Å². The van der Waals surface area contributed by atoms with Gasteiger partial charge in [-0.05, 0) is 30.0 Å². The number of carbonyl (C=O) groups is 1. The van der Waals surface area contributed by atoms with E-state index < -0.39 is 31.0 Å². The summed E-state index contributed by atoms with van der Waals surface area (Å²) in [7, 11) is 0. The highest BCUT2D eigenvalue weighted by molar-refractivity contribution is 5.84. The van der Waals surface area contributed by atoms with Gasteiger partial charge in [-0.1, -0.05) is 26.0 Å². The van der Waals surface area contributed by atoms with Crippen molar-refractivity contribution in [2.24, 2.45) is 5.92 Å². The molecule has 2 unspecified atom stereocenters. The van der Waals surface area contributed by atoms with Crippen LogP contribution >= 0.6 is 0 Å². The molecule has 1 aromatic rings. The van der Waals surface area contributed by atoms with E-state index in [9.17, 15) is 18.0 Å². The van der Waals surface area contributed by atoms with Crippen molar-refractivity contribution in [2.75, 3.05) is 6.54 Å². The summed E-state index contributed by atoms with van der Waals surface area (Å²) in [6.07, 6.45) is -2.65. The van der Waals surface area contributed by atoms with E-state index in [1.807, 2.05) is 13.8 Å². The predicted octanol–water partition coefficient (Wildman–Crippen LogP) is 2.94. The van der Waals surface area contributed by atoms with Crippen molar-refractivity contribution in [3.8, 4) is 0 Å². The molecule has 1 aliphatic rings. The second-order valence-electron chi connectivity index (χ2n) is 5.68. The van der Waals surface area contributed by atoms with Crippen molar-refractivity contribution in [3.63, 3.8) is 0 Å². The number of nitrogens with zero attached hydrogens (tertiary/aromatic N) is 1. The molecule has 0 saturated carbocycles. The third kappa shape index (κ3) is 3.75. The van der Waals surface area contributed by atoms with E-state index in [-0.39, 0.29) is 11.8 Å². The first-order valence-corrected chi connectivity index (χ1v) is 6.98. The lowest BCUT2D eigenvalue weighted by Crippen LogP contribution is -2.35. The number of rotatable bonds is 5. The summed E-state index contributed by atoms with van der Waals surface area (Å²) in [5.41, 5.74) is 0.608. The molecule has 1 N–H and O–H groups in total. The Labute approximate surface area is 122 Å². The molecule has 0 spiro atoms. The summed E-state index contributed by atoms with van der Waals surface area (Å²) in [5, 5.41) is 3.08. The lowest BCUT2D eigenvalue weighted by molar-refractivity contribution is -0.132. The molecule has 2 rings (SSSR count). The van der Waals surface area contributed by atoms with E-state index in [0.29, 0.717) is 12.0 Å². The second kappa shape index (κ2) is 6.47. The average molecular weight is 300 g/mol. The highest BCUT2D eigenvalue weighted by atomic mass is 19.3. The van der Waals surface area contributed by atoms with Crippen molar-refractivity contribution in [1.29, 1.82) is 0 Å². The quantitative estimate of drug-likeness (QED) is 0.907. The number of alkyl halides is 2. The van der Waals surface area contributed by atoms with E-state index >= 15 is 0 Å². The average Bonchev–Trinajstić information content (AvgIpc) is 2.68. The van der Waals surface area contributed by atoms with Crippen LogP contribution in [0.3, 0.4) is 0 Å². The van der Waals surface area contributed by atoms with Gasteiger partial charge in [-0.3, -0.25) is 10.1 Å². The lowest BCUT2D eigenvalue weighted by atomic mass is 10.0. The maximum Gasteiger partial charge on any atom is 0.255 e. The second-order valence-corrected chi connectivity index (χ2v) is 5.68. The highest BCUT2D eigenvalue weighted by Gasteiger charge is 2.40. The van der Waals surface area contributed by atoms with Crippen LogP contribution in [0.1, 0.15) is 32.0 Å². The van der Waals surface area contributed by atoms with Crippen molar-refractivity contribution in [2.45, 2.75) is 38.9 Å². The number of benzene rings is 1. The van der Waals surface area contributed by atoms with Gasteiger partial charge in [0.15, 0.2) is 0 Å². The molecule has 3 nitrogen and oxygen atoms in total. The van der Waals surface area contributed by atoms with Crippen LogP contribution in [0.15, 0.2) is 24.3 Å². The summed E-state index contributed by atoms with van der Waals surface area (Å²) in [6, 6.07) is 5.07. The molecular formula is C15H19F3N2O. The Hall–Kier alpha value is -1.56. The molecule has 6 heteroatoms. The Morgan fingerprint density at radius 1 is 1.24 bits per heavy atom. The van der Waals surface area contributed by atoms with Crippen LogP contribution in [0.25, 0.3) is 0 Å². The minimum absolute atomic E-state index is 0.270.